The molecule has 0 spiro atoms. The third-order valence-corrected chi connectivity index (χ3v) is 4.66. The largest absolute Gasteiger partial charge is 0.493 e. The van der Waals surface area contributed by atoms with Crippen LogP contribution in [-0.4, -0.2) is 25.4 Å². The summed E-state index contributed by atoms with van der Waals surface area (Å²) >= 11 is 0. The number of ether oxygens (including phenoxy) is 2. The van der Waals surface area contributed by atoms with E-state index in [1.807, 2.05) is 24.3 Å². The molecule has 0 heterocycles. The van der Waals surface area contributed by atoms with Crippen molar-refractivity contribution < 1.29 is 19.0 Å². The van der Waals surface area contributed by atoms with E-state index in [2.05, 4.69) is 12.2 Å². The number of rotatable bonds is 7. The van der Waals surface area contributed by atoms with Gasteiger partial charge in [-0.3, -0.25) is 0 Å². The van der Waals surface area contributed by atoms with Gasteiger partial charge in [-0.15, -0.1) is 0 Å². The van der Waals surface area contributed by atoms with E-state index in [0.29, 0.717) is 24.0 Å². The average Bonchev–Trinajstić information content (AvgIpc) is 2.93. The summed E-state index contributed by atoms with van der Waals surface area (Å²) in [6.45, 7) is 3.03. The fourth-order valence-electron chi connectivity index (χ4n) is 3.45. The van der Waals surface area contributed by atoms with E-state index in [9.17, 15) is 4.39 Å². The molecule has 0 bridgehead atoms. The summed E-state index contributed by atoms with van der Waals surface area (Å²) in [4.78, 5) is 0. The molecular weight excluding hydrogens is 321 g/mol. The van der Waals surface area contributed by atoms with Crippen molar-refractivity contribution in [2.45, 2.75) is 25.9 Å². The number of hydrogen-bond acceptors (Lipinski definition) is 4. The summed E-state index contributed by atoms with van der Waals surface area (Å²) in [7, 11) is 1.59. The van der Waals surface area contributed by atoms with Crippen LogP contribution < -0.4 is 14.8 Å². The Morgan fingerprint density at radius 3 is 2.80 bits per heavy atom. The monoisotopic (exact) mass is 345 g/mol. The standard InChI is InChI=1S/C20H24FNO3/c1-13-9-15-4-5-16(21)11-17(15)20(13)22-12-14-3-6-18(25-8-7-23)19(10-14)24-2/h3-6,10-11,13,20,22-23H,7-9,12H2,1-2H3. The van der Waals surface area contributed by atoms with Crippen LogP contribution in [0.15, 0.2) is 36.4 Å². The van der Waals surface area contributed by atoms with Gasteiger partial charge in [-0.2, -0.15) is 0 Å². The van der Waals surface area contributed by atoms with Gasteiger partial charge in [0, 0.05) is 12.6 Å². The van der Waals surface area contributed by atoms with Gasteiger partial charge >= 0.3 is 0 Å². The van der Waals surface area contributed by atoms with Crippen LogP contribution in [0.2, 0.25) is 0 Å². The lowest BCUT2D eigenvalue weighted by Crippen LogP contribution is -2.23. The Morgan fingerprint density at radius 2 is 2.04 bits per heavy atom. The average molecular weight is 345 g/mol. The number of aliphatic hydroxyl groups is 1. The van der Waals surface area contributed by atoms with Gasteiger partial charge in [0.05, 0.1) is 13.7 Å². The molecule has 134 valence electrons. The molecule has 2 aromatic rings. The molecule has 25 heavy (non-hydrogen) atoms. The van der Waals surface area contributed by atoms with Crippen LogP contribution >= 0.6 is 0 Å². The first-order valence-corrected chi connectivity index (χ1v) is 8.54. The van der Waals surface area contributed by atoms with E-state index in [0.717, 1.165) is 17.5 Å². The van der Waals surface area contributed by atoms with Crippen molar-refractivity contribution in [3.63, 3.8) is 0 Å². The molecule has 1 aliphatic carbocycles. The van der Waals surface area contributed by atoms with Crippen molar-refractivity contribution in [1.82, 2.24) is 5.32 Å². The van der Waals surface area contributed by atoms with Gasteiger partial charge in [0.2, 0.25) is 0 Å². The molecule has 0 aliphatic heterocycles. The van der Waals surface area contributed by atoms with E-state index in [1.54, 1.807) is 13.2 Å². The summed E-state index contributed by atoms with van der Waals surface area (Å²) in [5.74, 6) is 1.48. The molecule has 5 heteroatoms. The summed E-state index contributed by atoms with van der Waals surface area (Å²) < 4.78 is 24.4. The Hall–Kier alpha value is -2.11. The zero-order valence-corrected chi connectivity index (χ0v) is 14.6. The summed E-state index contributed by atoms with van der Waals surface area (Å²) in [6, 6.07) is 10.9. The molecule has 4 nitrogen and oxygen atoms in total. The third kappa shape index (κ3) is 3.94. The van der Waals surface area contributed by atoms with Crippen LogP contribution in [0.5, 0.6) is 11.5 Å². The van der Waals surface area contributed by atoms with Gasteiger partial charge in [0.25, 0.3) is 0 Å². The molecule has 1 aliphatic rings. The first-order valence-electron chi connectivity index (χ1n) is 8.54. The van der Waals surface area contributed by atoms with Gasteiger partial charge in [-0.25, -0.2) is 4.39 Å². The Morgan fingerprint density at radius 1 is 1.20 bits per heavy atom. The lowest BCUT2D eigenvalue weighted by atomic mass is 10.0. The molecule has 0 aromatic heterocycles. The molecule has 2 atom stereocenters. The van der Waals surface area contributed by atoms with Gasteiger partial charge in [0.15, 0.2) is 11.5 Å². The number of methoxy groups -OCH3 is 1. The maximum atomic E-state index is 13.6. The van der Waals surface area contributed by atoms with E-state index < -0.39 is 0 Å². The lowest BCUT2D eigenvalue weighted by molar-refractivity contribution is 0.196. The molecule has 2 unspecified atom stereocenters. The second kappa shape index (κ2) is 7.85. The first kappa shape index (κ1) is 17.7. The number of fused-ring (bicyclic) bond motifs is 1. The van der Waals surface area contributed by atoms with Crippen LogP contribution in [0.25, 0.3) is 0 Å². The van der Waals surface area contributed by atoms with E-state index in [1.165, 1.54) is 11.6 Å². The number of hydrogen-bond donors (Lipinski definition) is 2. The minimum absolute atomic E-state index is 0.0397. The molecule has 0 saturated carbocycles. The zero-order valence-electron chi connectivity index (χ0n) is 14.6. The molecule has 3 rings (SSSR count). The van der Waals surface area contributed by atoms with Crippen molar-refractivity contribution in [2.75, 3.05) is 20.3 Å². The topological polar surface area (TPSA) is 50.7 Å². The van der Waals surface area contributed by atoms with Gasteiger partial charge in [-0.05, 0) is 53.3 Å². The van der Waals surface area contributed by atoms with Crippen LogP contribution in [0, 0.1) is 11.7 Å². The molecule has 2 N–H and O–H groups in total. The number of nitrogens with one attached hydrogen (secondary N) is 1. The van der Waals surface area contributed by atoms with Crippen LogP contribution in [0.4, 0.5) is 4.39 Å². The summed E-state index contributed by atoms with van der Waals surface area (Å²) in [5.41, 5.74) is 3.34. The second-order valence-corrected chi connectivity index (χ2v) is 6.44. The molecular formula is C20H24FNO3. The molecule has 0 amide bonds. The fraction of sp³-hybridized carbons (Fsp3) is 0.400. The van der Waals surface area contributed by atoms with E-state index in [-0.39, 0.29) is 25.1 Å². The highest BCUT2D eigenvalue weighted by Crippen LogP contribution is 2.36. The zero-order chi connectivity index (χ0) is 17.8. The Bertz CT molecular complexity index is 735. The second-order valence-electron chi connectivity index (χ2n) is 6.44. The smallest absolute Gasteiger partial charge is 0.161 e. The minimum atomic E-state index is -0.188. The Kier molecular flexibility index (Phi) is 5.56. The van der Waals surface area contributed by atoms with Crippen LogP contribution in [-0.2, 0) is 13.0 Å². The molecule has 0 fully saturated rings. The highest BCUT2D eigenvalue weighted by atomic mass is 19.1. The Balaban J connectivity index is 1.71. The van der Waals surface area contributed by atoms with Gasteiger partial charge < -0.3 is 19.9 Å². The SMILES string of the molecule is COc1cc(CNC2c3cc(F)ccc3CC2C)ccc1OCCO. The number of benzene rings is 2. The van der Waals surface area contributed by atoms with Crippen molar-refractivity contribution in [3.05, 3.63) is 58.9 Å². The quantitative estimate of drug-likeness (QED) is 0.809. The van der Waals surface area contributed by atoms with Gasteiger partial charge in [-0.1, -0.05) is 19.1 Å². The third-order valence-electron chi connectivity index (χ3n) is 4.66. The maximum Gasteiger partial charge on any atom is 0.161 e. The van der Waals surface area contributed by atoms with Crippen molar-refractivity contribution in [3.8, 4) is 11.5 Å². The van der Waals surface area contributed by atoms with Crippen LogP contribution in [0.3, 0.4) is 0 Å². The predicted octanol–water partition coefficient (Wildman–Crippen LogP) is 3.23. The highest BCUT2D eigenvalue weighted by molar-refractivity contribution is 5.43. The fourth-order valence-corrected chi connectivity index (χ4v) is 3.45. The first-order chi connectivity index (χ1) is 12.1. The molecule has 2 aromatic carbocycles. The predicted molar refractivity (Wildman–Crippen MR) is 94.4 cm³/mol. The number of halogens is 1. The maximum absolute atomic E-state index is 13.6. The normalized spacial score (nSPS) is 18.9. The van der Waals surface area contributed by atoms with Crippen molar-refractivity contribution in [2.24, 2.45) is 5.92 Å². The Labute approximate surface area is 147 Å². The highest BCUT2D eigenvalue weighted by Gasteiger charge is 2.29. The lowest BCUT2D eigenvalue weighted by Gasteiger charge is -2.19. The summed E-state index contributed by atoms with van der Waals surface area (Å²) in [6.07, 6.45) is 0.963. The molecule has 0 saturated heterocycles. The van der Waals surface area contributed by atoms with Crippen molar-refractivity contribution >= 4 is 0 Å². The van der Waals surface area contributed by atoms with Crippen LogP contribution in [0.1, 0.15) is 29.7 Å². The van der Waals surface area contributed by atoms with E-state index in [4.69, 9.17) is 14.6 Å². The molecule has 0 radical (unpaired) electrons. The minimum Gasteiger partial charge on any atom is -0.493 e. The number of aliphatic hydroxyl groups excluding tert-OH is 1. The van der Waals surface area contributed by atoms with Crippen molar-refractivity contribution in [1.29, 1.82) is 0 Å². The van der Waals surface area contributed by atoms with Gasteiger partial charge in [0.1, 0.15) is 12.4 Å². The van der Waals surface area contributed by atoms with E-state index >= 15 is 0 Å². The summed E-state index contributed by atoms with van der Waals surface area (Å²) in [5, 5.41) is 12.4.